The van der Waals surface area contributed by atoms with Crippen molar-refractivity contribution in [3.63, 3.8) is 0 Å². The molecule has 2 aromatic carbocycles. The van der Waals surface area contributed by atoms with Gasteiger partial charge in [-0.2, -0.15) is 0 Å². The van der Waals surface area contributed by atoms with Crippen molar-refractivity contribution in [1.82, 2.24) is 0 Å². The summed E-state index contributed by atoms with van der Waals surface area (Å²) in [5.41, 5.74) is 9.22. The fraction of sp³-hybridized carbons (Fsp3) is 0.0667. The second kappa shape index (κ2) is 4.22. The van der Waals surface area contributed by atoms with Crippen LogP contribution in [0.2, 0.25) is 0 Å². The first kappa shape index (κ1) is 10.4. The summed E-state index contributed by atoms with van der Waals surface area (Å²) in [5.74, 6) is 0. The van der Waals surface area contributed by atoms with E-state index >= 15 is 0 Å². The Kier molecular flexibility index (Phi) is 2.57. The topological polar surface area (TPSA) is 26.0 Å². The van der Waals surface area contributed by atoms with E-state index in [2.05, 4.69) is 41.8 Å². The van der Waals surface area contributed by atoms with E-state index in [0.29, 0.717) is 0 Å². The summed E-state index contributed by atoms with van der Waals surface area (Å²) < 4.78 is 1.36. The first-order chi connectivity index (χ1) is 8.33. The molecule has 0 fully saturated rings. The average Bonchev–Trinajstić information content (AvgIpc) is 2.76. The molecule has 2 N–H and O–H groups in total. The van der Waals surface area contributed by atoms with Crippen LogP contribution in [-0.2, 0) is 6.42 Å². The van der Waals surface area contributed by atoms with Gasteiger partial charge in [0.1, 0.15) is 0 Å². The van der Waals surface area contributed by atoms with Gasteiger partial charge in [0.25, 0.3) is 0 Å². The fourth-order valence-corrected chi connectivity index (χ4v) is 2.99. The normalized spacial score (nSPS) is 10.8. The van der Waals surface area contributed by atoms with Crippen LogP contribution in [0, 0.1) is 0 Å². The van der Waals surface area contributed by atoms with E-state index in [4.69, 9.17) is 5.73 Å². The lowest BCUT2D eigenvalue weighted by Gasteiger charge is -2.01. The molecular weight excluding hydrogens is 226 g/mol. The van der Waals surface area contributed by atoms with Crippen molar-refractivity contribution in [2.45, 2.75) is 6.42 Å². The van der Waals surface area contributed by atoms with Crippen molar-refractivity contribution in [2.24, 2.45) is 0 Å². The lowest BCUT2D eigenvalue weighted by molar-refractivity contribution is 1.23. The summed E-state index contributed by atoms with van der Waals surface area (Å²) in [4.78, 5) is 0. The Morgan fingerprint density at radius 1 is 0.941 bits per heavy atom. The van der Waals surface area contributed by atoms with Gasteiger partial charge in [-0.25, -0.2) is 0 Å². The predicted octanol–water partition coefficient (Wildman–Crippen LogP) is 4.07. The molecule has 0 aliphatic carbocycles. The largest absolute Gasteiger partial charge is 0.399 e. The van der Waals surface area contributed by atoms with Gasteiger partial charge in [0.15, 0.2) is 0 Å². The van der Waals surface area contributed by atoms with Crippen LogP contribution < -0.4 is 5.73 Å². The molecule has 1 heterocycles. The SMILES string of the molecule is Nc1ccc(Cc2csc3ccccc23)cc1. The third-order valence-electron chi connectivity index (χ3n) is 2.94. The standard InChI is InChI=1S/C15H13NS/c16-13-7-5-11(6-8-13)9-12-10-17-15-4-2-1-3-14(12)15/h1-8,10H,9,16H2. The summed E-state index contributed by atoms with van der Waals surface area (Å²) in [5, 5.41) is 3.62. The van der Waals surface area contributed by atoms with E-state index in [1.54, 1.807) is 0 Å². The smallest absolute Gasteiger partial charge is 0.0345 e. The molecule has 0 unspecified atom stereocenters. The van der Waals surface area contributed by atoms with Crippen molar-refractivity contribution in [3.8, 4) is 0 Å². The van der Waals surface area contributed by atoms with Crippen LogP contribution in [0.1, 0.15) is 11.1 Å². The van der Waals surface area contributed by atoms with Crippen molar-refractivity contribution in [3.05, 3.63) is 65.0 Å². The summed E-state index contributed by atoms with van der Waals surface area (Å²) in [6, 6.07) is 16.7. The van der Waals surface area contributed by atoms with E-state index in [-0.39, 0.29) is 0 Å². The van der Waals surface area contributed by atoms with E-state index in [9.17, 15) is 0 Å². The summed E-state index contributed by atoms with van der Waals surface area (Å²) in [6.07, 6.45) is 0.976. The number of hydrogen-bond acceptors (Lipinski definition) is 2. The Balaban J connectivity index is 1.97. The van der Waals surface area contributed by atoms with Crippen molar-refractivity contribution in [1.29, 1.82) is 0 Å². The minimum Gasteiger partial charge on any atom is -0.399 e. The number of rotatable bonds is 2. The molecule has 0 aliphatic rings. The van der Waals surface area contributed by atoms with Gasteiger partial charge in [0.2, 0.25) is 0 Å². The van der Waals surface area contributed by atoms with Gasteiger partial charge < -0.3 is 5.73 Å². The van der Waals surface area contributed by atoms with Gasteiger partial charge in [0, 0.05) is 10.4 Å². The van der Waals surface area contributed by atoms with Gasteiger partial charge in [-0.3, -0.25) is 0 Å². The maximum Gasteiger partial charge on any atom is 0.0345 e. The van der Waals surface area contributed by atoms with Crippen LogP contribution in [0.15, 0.2) is 53.9 Å². The average molecular weight is 239 g/mol. The molecule has 1 aromatic heterocycles. The molecule has 3 rings (SSSR count). The Labute approximate surface area is 105 Å². The first-order valence-electron chi connectivity index (χ1n) is 5.62. The highest BCUT2D eigenvalue weighted by Crippen LogP contribution is 2.27. The minimum atomic E-state index is 0.823. The van der Waals surface area contributed by atoms with Gasteiger partial charge in [0.05, 0.1) is 0 Å². The van der Waals surface area contributed by atoms with Crippen LogP contribution in [0.25, 0.3) is 10.1 Å². The van der Waals surface area contributed by atoms with Crippen LogP contribution >= 0.6 is 11.3 Å². The molecule has 0 spiro atoms. The van der Waals surface area contributed by atoms with Crippen molar-refractivity contribution < 1.29 is 0 Å². The number of benzene rings is 2. The number of nitrogen functional groups attached to an aromatic ring is 1. The highest BCUT2D eigenvalue weighted by molar-refractivity contribution is 7.17. The Hall–Kier alpha value is -1.80. The monoisotopic (exact) mass is 239 g/mol. The van der Waals surface area contributed by atoms with Crippen molar-refractivity contribution >= 4 is 27.1 Å². The Bertz CT molecular complexity index is 637. The molecular formula is C15H13NS. The van der Waals surface area contributed by atoms with E-state index in [1.807, 2.05) is 23.5 Å². The van der Waals surface area contributed by atoms with Crippen LogP contribution in [0.3, 0.4) is 0 Å². The Morgan fingerprint density at radius 2 is 1.71 bits per heavy atom. The maximum absolute atomic E-state index is 5.69. The zero-order valence-electron chi connectivity index (χ0n) is 9.39. The zero-order chi connectivity index (χ0) is 11.7. The molecule has 0 atom stereocenters. The third-order valence-corrected chi connectivity index (χ3v) is 3.95. The molecule has 0 bridgehead atoms. The summed E-state index contributed by atoms with van der Waals surface area (Å²) in [6.45, 7) is 0. The summed E-state index contributed by atoms with van der Waals surface area (Å²) in [7, 11) is 0. The van der Waals surface area contributed by atoms with Crippen LogP contribution in [0.4, 0.5) is 5.69 Å². The lowest BCUT2D eigenvalue weighted by Crippen LogP contribution is -1.88. The molecule has 0 radical (unpaired) electrons. The molecule has 17 heavy (non-hydrogen) atoms. The molecule has 84 valence electrons. The van der Waals surface area contributed by atoms with Crippen LogP contribution in [0.5, 0.6) is 0 Å². The summed E-state index contributed by atoms with van der Waals surface area (Å²) >= 11 is 1.81. The number of fused-ring (bicyclic) bond motifs is 1. The molecule has 1 nitrogen and oxygen atoms in total. The maximum atomic E-state index is 5.69. The number of thiophene rings is 1. The zero-order valence-corrected chi connectivity index (χ0v) is 10.2. The fourth-order valence-electron chi connectivity index (χ4n) is 2.03. The molecule has 0 saturated carbocycles. The molecule has 0 amide bonds. The number of anilines is 1. The van der Waals surface area contributed by atoms with E-state index in [1.165, 1.54) is 21.2 Å². The number of hydrogen-bond donors (Lipinski definition) is 1. The van der Waals surface area contributed by atoms with E-state index in [0.717, 1.165) is 12.1 Å². The molecule has 3 aromatic rings. The highest BCUT2D eigenvalue weighted by Gasteiger charge is 2.03. The van der Waals surface area contributed by atoms with Gasteiger partial charge in [-0.15, -0.1) is 11.3 Å². The minimum absolute atomic E-state index is 0.823. The number of nitrogens with two attached hydrogens (primary N) is 1. The van der Waals surface area contributed by atoms with Gasteiger partial charge in [-0.1, -0.05) is 30.3 Å². The van der Waals surface area contributed by atoms with Gasteiger partial charge in [-0.05, 0) is 46.5 Å². The first-order valence-corrected chi connectivity index (χ1v) is 6.50. The van der Waals surface area contributed by atoms with Gasteiger partial charge >= 0.3 is 0 Å². The second-order valence-corrected chi connectivity index (χ2v) is 5.09. The second-order valence-electron chi connectivity index (χ2n) is 4.18. The van der Waals surface area contributed by atoms with Crippen molar-refractivity contribution in [2.75, 3.05) is 5.73 Å². The quantitative estimate of drug-likeness (QED) is 0.670. The third kappa shape index (κ3) is 2.04. The Morgan fingerprint density at radius 3 is 2.53 bits per heavy atom. The molecule has 0 saturated heterocycles. The van der Waals surface area contributed by atoms with Crippen LogP contribution in [-0.4, -0.2) is 0 Å². The predicted molar refractivity (Wildman–Crippen MR) is 75.5 cm³/mol. The van der Waals surface area contributed by atoms with E-state index < -0.39 is 0 Å². The molecule has 0 aliphatic heterocycles. The molecule has 2 heteroatoms. The highest BCUT2D eigenvalue weighted by atomic mass is 32.1. The lowest BCUT2D eigenvalue weighted by atomic mass is 10.0.